The van der Waals surface area contributed by atoms with Crippen molar-refractivity contribution in [3.63, 3.8) is 0 Å². The van der Waals surface area contributed by atoms with E-state index in [1.165, 1.54) is 12.1 Å². The number of ketones is 1. The third-order valence-electron chi connectivity index (χ3n) is 3.43. The number of hydrogen-bond acceptors (Lipinski definition) is 1. The number of halogens is 1. The fourth-order valence-electron chi connectivity index (χ4n) is 2.28. The fraction of sp³-hybridized carbons (Fsp3) is 0.0556. The molecule has 0 amide bonds. The summed E-state index contributed by atoms with van der Waals surface area (Å²) in [6.07, 6.45) is 0. The third-order valence-corrected chi connectivity index (χ3v) is 3.43. The normalized spacial score (nSPS) is 10.7. The van der Waals surface area contributed by atoms with Gasteiger partial charge in [-0.05, 0) is 47.5 Å². The minimum absolute atomic E-state index is 0.0844. The van der Waals surface area contributed by atoms with Gasteiger partial charge in [-0.3, -0.25) is 4.79 Å². The molecule has 0 fully saturated rings. The number of aryl methyl sites for hydroxylation is 1. The van der Waals surface area contributed by atoms with Gasteiger partial charge < -0.3 is 0 Å². The molecule has 0 bridgehead atoms. The number of fused-ring (bicyclic) bond motifs is 1. The Balaban J connectivity index is 2.05. The quantitative estimate of drug-likeness (QED) is 0.622. The molecule has 0 heterocycles. The second-order valence-electron chi connectivity index (χ2n) is 4.86. The Kier molecular flexibility index (Phi) is 3.07. The number of carbonyl (C=O) groups is 1. The molecule has 0 saturated heterocycles. The monoisotopic (exact) mass is 264 g/mol. The highest BCUT2D eigenvalue weighted by molar-refractivity contribution is 6.10. The van der Waals surface area contributed by atoms with Gasteiger partial charge in [0.25, 0.3) is 0 Å². The van der Waals surface area contributed by atoms with Crippen molar-refractivity contribution in [1.82, 2.24) is 0 Å². The zero-order valence-electron chi connectivity index (χ0n) is 11.1. The van der Waals surface area contributed by atoms with Gasteiger partial charge in [-0.2, -0.15) is 0 Å². The molecule has 0 unspecified atom stereocenters. The molecule has 0 radical (unpaired) electrons. The lowest BCUT2D eigenvalue weighted by atomic mass is 9.99. The summed E-state index contributed by atoms with van der Waals surface area (Å²) >= 11 is 0. The van der Waals surface area contributed by atoms with E-state index in [2.05, 4.69) is 0 Å². The average molecular weight is 264 g/mol. The lowest BCUT2D eigenvalue weighted by Crippen LogP contribution is -2.02. The standard InChI is InChI=1S/C18H13FO/c1-12-10-15(8-9-17(12)19)18(20)16-7-6-13-4-2-3-5-14(13)11-16/h2-11H,1H3. The van der Waals surface area contributed by atoms with Crippen LogP contribution in [0.4, 0.5) is 4.39 Å². The predicted molar refractivity (Wildman–Crippen MR) is 78.5 cm³/mol. The Labute approximate surface area is 116 Å². The Hall–Kier alpha value is -2.48. The molecule has 98 valence electrons. The van der Waals surface area contributed by atoms with Crippen LogP contribution in [-0.2, 0) is 0 Å². The average Bonchev–Trinajstić information content (AvgIpc) is 2.49. The molecule has 0 N–H and O–H groups in total. The van der Waals surface area contributed by atoms with Gasteiger partial charge in [-0.25, -0.2) is 4.39 Å². The SMILES string of the molecule is Cc1cc(C(=O)c2ccc3ccccc3c2)ccc1F. The summed E-state index contributed by atoms with van der Waals surface area (Å²) < 4.78 is 13.3. The van der Waals surface area contributed by atoms with E-state index in [0.29, 0.717) is 16.7 Å². The summed E-state index contributed by atoms with van der Waals surface area (Å²) in [5, 5.41) is 2.12. The second kappa shape index (κ2) is 4.89. The molecule has 3 aromatic rings. The van der Waals surface area contributed by atoms with Gasteiger partial charge in [0.2, 0.25) is 0 Å². The van der Waals surface area contributed by atoms with Gasteiger partial charge in [-0.15, -0.1) is 0 Å². The van der Waals surface area contributed by atoms with Crippen molar-refractivity contribution >= 4 is 16.6 Å². The Morgan fingerprint density at radius 3 is 2.25 bits per heavy atom. The summed E-state index contributed by atoms with van der Waals surface area (Å²) in [7, 11) is 0. The van der Waals surface area contributed by atoms with Gasteiger partial charge >= 0.3 is 0 Å². The molecule has 0 aliphatic heterocycles. The Morgan fingerprint density at radius 1 is 0.850 bits per heavy atom. The summed E-state index contributed by atoms with van der Waals surface area (Å²) in [5.74, 6) is -0.376. The van der Waals surface area contributed by atoms with E-state index in [9.17, 15) is 9.18 Å². The van der Waals surface area contributed by atoms with E-state index in [0.717, 1.165) is 10.8 Å². The van der Waals surface area contributed by atoms with Crippen LogP contribution in [0.3, 0.4) is 0 Å². The van der Waals surface area contributed by atoms with Crippen LogP contribution < -0.4 is 0 Å². The van der Waals surface area contributed by atoms with E-state index in [1.54, 1.807) is 13.0 Å². The molecule has 1 nitrogen and oxygen atoms in total. The zero-order chi connectivity index (χ0) is 14.1. The maximum Gasteiger partial charge on any atom is 0.193 e. The Morgan fingerprint density at radius 2 is 1.50 bits per heavy atom. The first-order valence-electron chi connectivity index (χ1n) is 6.45. The summed E-state index contributed by atoms with van der Waals surface area (Å²) in [6.45, 7) is 1.66. The lowest BCUT2D eigenvalue weighted by Gasteiger charge is -2.05. The van der Waals surface area contributed by atoms with Gasteiger partial charge in [-0.1, -0.05) is 36.4 Å². The van der Waals surface area contributed by atoms with Crippen molar-refractivity contribution in [2.24, 2.45) is 0 Å². The van der Waals surface area contributed by atoms with Crippen molar-refractivity contribution in [1.29, 1.82) is 0 Å². The van der Waals surface area contributed by atoms with Crippen molar-refractivity contribution in [2.75, 3.05) is 0 Å². The van der Waals surface area contributed by atoms with Crippen LogP contribution in [0.25, 0.3) is 10.8 Å². The van der Waals surface area contributed by atoms with Crippen molar-refractivity contribution in [2.45, 2.75) is 6.92 Å². The fourth-order valence-corrected chi connectivity index (χ4v) is 2.28. The first kappa shape index (κ1) is 12.5. The molecule has 0 saturated carbocycles. The van der Waals surface area contributed by atoms with E-state index < -0.39 is 0 Å². The molecule has 0 aliphatic rings. The van der Waals surface area contributed by atoms with Crippen LogP contribution in [-0.4, -0.2) is 5.78 Å². The highest BCUT2D eigenvalue weighted by Crippen LogP contribution is 2.19. The van der Waals surface area contributed by atoms with Gasteiger partial charge in [0.15, 0.2) is 5.78 Å². The van der Waals surface area contributed by atoms with Crippen molar-refractivity contribution < 1.29 is 9.18 Å². The molecule has 0 aliphatic carbocycles. The highest BCUT2D eigenvalue weighted by atomic mass is 19.1. The molecule has 0 atom stereocenters. The molecule has 0 aromatic heterocycles. The van der Waals surface area contributed by atoms with Gasteiger partial charge in [0, 0.05) is 11.1 Å². The van der Waals surface area contributed by atoms with E-state index in [-0.39, 0.29) is 11.6 Å². The summed E-state index contributed by atoms with van der Waals surface area (Å²) in [6, 6.07) is 18.0. The zero-order valence-corrected chi connectivity index (χ0v) is 11.1. The van der Waals surface area contributed by atoms with E-state index >= 15 is 0 Å². The molecular formula is C18H13FO. The predicted octanol–water partition coefficient (Wildman–Crippen LogP) is 4.52. The minimum atomic E-state index is -0.292. The number of benzene rings is 3. The third kappa shape index (κ3) is 2.21. The number of carbonyl (C=O) groups excluding carboxylic acids is 1. The van der Waals surface area contributed by atoms with Crippen molar-refractivity contribution in [3.05, 3.63) is 83.2 Å². The largest absolute Gasteiger partial charge is 0.289 e. The Bertz CT molecular complexity index is 805. The number of rotatable bonds is 2. The van der Waals surface area contributed by atoms with E-state index in [1.807, 2.05) is 42.5 Å². The molecular weight excluding hydrogens is 251 g/mol. The molecule has 0 spiro atoms. The lowest BCUT2D eigenvalue weighted by molar-refractivity contribution is 0.103. The molecule has 3 aromatic carbocycles. The maximum absolute atomic E-state index is 13.3. The summed E-state index contributed by atoms with van der Waals surface area (Å²) in [5.41, 5.74) is 1.62. The van der Waals surface area contributed by atoms with Crippen LogP contribution in [0.2, 0.25) is 0 Å². The van der Waals surface area contributed by atoms with Crippen LogP contribution in [0, 0.1) is 12.7 Å². The van der Waals surface area contributed by atoms with Gasteiger partial charge in [0.1, 0.15) is 5.82 Å². The first-order valence-corrected chi connectivity index (χ1v) is 6.45. The second-order valence-corrected chi connectivity index (χ2v) is 4.86. The molecule has 20 heavy (non-hydrogen) atoms. The van der Waals surface area contributed by atoms with Crippen LogP contribution in [0.1, 0.15) is 21.5 Å². The van der Waals surface area contributed by atoms with Crippen LogP contribution >= 0.6 is 0 Å². The molecule has 3 rings (SSSR count). The van der Waals surface area contributed by atoms with E-state index in [4.69, 9.17) is 0 Å². The smallest absolute Gasteiger partial charge is 0.193 e. The van der Waals surface area contributed by atoms with Gasteiger partial charge in [0.05, 0.1) is 0 Å². The summed E-state index contributed by atoms with van der Waals surface area (Å²) in [4.78, 5) is 12.4. The maximum atomic E-state index is 13.3. The highest BCUT2D eigenvalue weighted by Gasteiger charge is 2.11. The minimum Gasteiger partial charge on any atom is -0.289 e. The van der Waals surface area contributed by atoms with Crippen LogP contribution in [0.15, 0.2) is 60.7 Å². The first-order chi connectivity index (χ1) is 9.65. The topological polar surface area (TPSA) is 17.1 Å². The molecule has 2 heteroatoms. The number of hydrogen-bond donors (Lipinski definition) is 0. The van der Waals surface area contributed by atoms with Crippen LogP contribution in [0.5, 0.6) is 0 Å². The van der Waals surface area contributed by atoms with Crippen molar-refractivity contribution in [3.8, 4) is 0 Å².